The molecule has 2 rings (SSSR count). The monoisotopic (exact) mass is 354 g/mol. The first-order valence-corrected chi connectivity index (χ1v) is 10.1. The van der Waals surface area contributed by atoms with Crippen LogP contribution >= 0.6 is 0 Å². The Bertz CT molecular complexity index is 416. The van der Waals surface area contributed by atoms with Gasteiger partial charge in [0.05, 0.1) is 6.61 Å². The van der Waals surface area contributed by atoms with Crippen LogP contribution in [0.25, 0.3) is 0 Å². The van der Waals surface area contributed by atoms with Crippen molar-refractivity contribution in [3.8, 4) is 0 Å². The highest BCUT2D eigenvalue weighted by Crippen LogP contribution is 2.36. The summed E-state index contributed by atoms with van der Waals surface area (Å²) < 4.78 is 11.0. The number of amides is 1. The van der Waals surface area contributed by atoms with Gasteiger partial charge in [-0.3, -0.25) is 0 Å². The largest absolute Gasteiger partial charge is 0.444 e. The average molecular weight is 355 g/mol. The standard InChI is InChI=1S/C20H38N2O3/c1-6-9-15(14-24-5)21-17-11-7-10-16(17)18-12-8-13-22(18)19(23)25-20(2,3)4/h15-18,21H,6-14H2,1-5H3. The van der Waals surface area contributed by atoms with E-state index in [2.05, 4.69) is 12.2 Å². The lowest BCUT2D eigenvalue weighted by Crippen LogP contribution is -2.50. The zero-order chi connectivity index (χ0) is 18.4. The molecule has 0 spiro atoms. The maximum absolute atomic E-state index is 12.6. The van der Waals surface area contributed by atoms with Crippen molar-refractivity contribution in [2.75, 3.05) is 20.3 Å². The van der Waals surface area contributed by atoms with Crippen molar-refractivity contribution in [2.45, 2.75) is 96.4 Å². The number of rotatable bonds is 7. The summed E-state index contributed by atoms with van der Waals surface area (Å²) in [5.74, 6) is 0.534. The summed E-state index contributed by atoms with van der Waals surface area (Å²) in [4.78, 5) is 14.6. The fourth-order valence-corrected chi connectivity index (χ4v) is 4.51. The van der Waals surface area contributed by atoms with Gasteiger partial charge < -0.3 is 19.7 Å². The Hall–Kier alpha value is -0.810. The Balaban J connectivity index is 2.00. The number of likely N-dealkylation sites (tertiary alicyclic amines) is 1. The van der Waals surface area contributed by atoms with Crippen LogP contribution in [0.1, 0.15) is 72.6 Å². The van der Waals surface area contributed by atoms with Crippen LogP contribution in [0.5, 0.6) is 0 Å². The van der Waals surface area contributed by atoms with Gasteiger partial charge >= 0.3 is 6.09 Å². The molecule has 2 aliphatic rings. The van der Waals surface area contributed by atoms with Crippen molar-refractivity contribution in [2.24, 2.45) is 5.92 Å². The van der Waals surface area contributed by atoms with Crippen molar-refractivity contribution < 1.29 is 14.3 Å². The molecular formula is C20H38N2O3. The molecule has 0 aromatic rings. The molecule has 1 saturated carbocycles. The summed E-state index contributed by atoms with van der Waals surface area (Å²) in [7, 11) is 1.78. The van der Waals surface area contributed by atoms with Crippen molar-refractivity contribution in [1.29, 1.82) is 0 Å². The molecule has 1 aliphatic carbocycles. The Morgan fingerprint density at radius 1 is 1.24 bits per heavy atom. The highest BCUT2D eigenvalue weighted by molar-refractivity contribution is 5.69. The van der Waals surface area contributed by atoms with Gasteiger partial charge in [0.1, 0.15) is 5.60 Å². The molecule has 2 fully saturated rings. The zero-order valence-corrected chi connectivity index (χ0v) is 16.8. The lowest BCUT2D eigenvalue weighted by Gasteiger charge is -2.35. The molecular weight excluding hydrogens is 316 g/mol. The number of hydrogen-bond acceptors (Lipinski definition) is 4. The maximum atomic E-state index is 12.6. The van der Waals surface area contributed by atoms with E-state index in [-0.39, 0.29) is 6.09 Å². The summed E-state index contributed by atoms with van der Waals surface area (Å²) in [6.45, 7) is 9.64. The topological polar surface area (TPSA) is 50.8 Å². The summed E-state index contributed by atoms with van der Waals surface area (Å²) >= 11 is 0. The first kappa shape index (κ1) is 20.5. The van der Waals surface area contributed by atoms with E-state index in [1.165, 1.54) is 19.3 Å². The van der Waals surface area contributed by atoms with Crippen LogP contribution < -0.4 is 5.32 Å². The van der Waals surface area contributed by atoms with Crippen LogP contribution in [0.2, 0.25) is 0 Å². The van der Waals surface area contributed by atoms with Gasteiger partial charge in [0.25, 0.3) is 0 Å². The van der Waals surface area contributed by atoms with Crippen LogP contribution in [0.4, 0.5) is 4.79 Å². The Labute approximate surface area is 153 Å². The van der Waals surface area contributed by atoms with E-state index in [1.807, 2.05) is 25.7 Å². The number of hydrogen-bond donors (Lipinski definition) is 1. The minimum atomic E-state index is -0.428. The van der Waals surface area contributed by atoms with Crippen LogP contribution in [0.15, 0.2) is 0 Å². The SMILES string of the molecule is CCCC(COC)NC1CCCC1C1CCCN1C(=O)OC(C)(C)C. The van der Waals surface area contributed by atoms with Gasteiger partial charge in [-0.2, -0.15) is 0 Å². The smallest absolute Gasteiger partial charge is 0.410 e. The van der Waals surface area contributed by atoms with Crippen molar-refractivity contribution >= 4 is 6.09 Å². The second-order valence-electron chi connectivity index (χ2n) is 8.69. The van der Waals surface area contributed by atoms with E-state index in [1.54, 1.807) is 7.11 Å². The summed E-state index contributed by atoms with van der Waals surface area (Å²) in [5.41, 5.74) is -0.428. The lowest BCUT2D eigenvalue weighted by atomic mass is 9.91. The van der Waals surface area contributed by atoms with Crippen LogP contribution in [0, 0.1) is 5.92 Å². The third-order valence-corrected chi connectivity index (χ3v) is 5.45. The molecule has 1 amide bonds. The summed E-state index contributed by atoms with van der Waals surface area (Å²) in [6, 6.07) is 1.22. The number of carbonyl (C=O) groups is 1. The fourth-order valence-electron chi connectivity index (χ4n) is 4.51. The molecule has 0 radical (unpaired) electrons. The van der Waals surface area contributed by atoms with Gasteiger partial charge in [-0.25, -0.2) is 4.79 Å². The second kappa shape index (κ2) is 9.22. The molecule has 4 unspecified atom stereocenters. The third-order valence-electron chi connectivity index (χ3n) is 5.45. The van der Waals surface area contributed by atoms with E-state index in [4.69, 9.17) is 9.47 Å². The van der Waals surface area contributed by atoms with Gasteiger partial charge in [-0.1, -0.05) is 19.8 Å². The predicted molar refractivity (Wildman–Crippen MR) is 101 cm³/mol. The Morgan fingerprint density at radius 2 is 2.00 bits per heavy atom. The van der Waals surface area contributed by atoms with Crippen LogP contribution in [-0.4, -0.2) is 55.0 Å². The molecule has 5 nitrogen and oxygen atoms in total. The van der Waals surface area contributed by atoms with E-state index in [9.17, 15) is 4.79 Å². The van der Waals surface area contributed by atoms with Crippen molar-refractivity contribution in [3.63, 3.8) is 0 Å². The molecule has 146 valence electrons. The molecule has 25 heavy (non-hydrogen) atoms. The molecule has 4 atom stereocenters. The minimum absolute atomic E-state index is 0.136. The van der Waals surface area contributed by atoms with Crippen LogP contribution in [0.3, 0.4) is 0 Å². The minimum Gasteiger partial charge on any atom is -0.444 e. The number of ether oxygens (including phenoxy) is 2. The Morgan fingerprint density at radius 3 is 2.64 bits per heavy atom. The fraction of sp³-hybridized carbons (Fsp3) is 0.950. The van der Waals surface area contributed by atoms with Gasteiger partial charge in [0.15, 0.2) is 0 Å². The molecule has 0 bridgehead atoms. The maximum Gasteiger partial charge on any atom is 0.410 e. The van der Waals surface area contributed by atoms with Crippen LogP contribution in [-0.2, 0) is 9.47 Å². The van der Waals surface area contributed by atoms with Gasteiger partial charge in [-0.15, -0.1) is 0 Å². The average Bonchev–Trinajstić information content (AvgIpc) is 3.14. The lowest BCUT2D eigenvalue weighted by molar-refractivity contribution is 0.0162. The molecule has 1 saturated heterocycles. The van der Waals surface area contributed by atoms with E-state index in [0.29, 0.717) is 24.0 Å². The molecule has 0 aromatic carbocycles. The molecule has 1 N–H and O–H groups in total. The van der Waals surface area contributed by atoms with Gasteiger partial charge in [0, 0.05) is 31.8 Å². The van der Waals surface area contributed by atoms with Crippen molar-refractivity contribution in [3.05, 3.63) is 0 Å². The first-order chi connectivity index (χ1) is 11.9. The van der Waals surface area contributed by atoms with E-state index < -0.39 is 5.60 Å². The first-order valence-electron chi connectivity index (χ1n) is 10.1. The quantitative estimate of drug-likeness (QED) is 0.752. The molecule has 5 heteroatoms. The van der Waals surface area contributed by atoms with Gasteiger partial charge in [0.2, 0.25) is 0 Å². The number of methoxy groups -OCH3 is 1. The molecule has 1 heterocycles. The second-order valence-corrected chi connectivity index (χ2v) is 8.69. The summed E-state index contributed by atoms with van der Waals surface area (Å²) in [6.07, 6.45) is 7.99. The molecule has 1 aliphatic heterocycles. The Kier molecular flexibility index (Phi) is 7.56. The van der Waals surface area contributed by atoms with Gasteiger partial charge in [-0.05, 0) is 58.8 Å². The highest BCUT2D eigenvalue weighted by atomic mass is 16.6. The predicted octanol–water partition coefficient (Wildman–Crippen LogP) is 3.96. The van der Waals surface area contributed by atoms with E-state index >= 15 is 0 Å². The normalized spacial score (nSPS) is 28.4. The third kappa shape index (κ3) is 5.85. The number of nitrogens with one attached hydrogen (secondary N) is 1. The molecule has 0 aromatic heterocycles. The summed E-state index contributed by atoms with van der Waals surface area (Å²) in [5, 5.41) is 3.85. The number of nitrogens with zero attached hydrogens (tertiary/aromatic N) is 1. The zero-order valence-electron chi connectivity index (χ0n) is 16.8. The van der Waals surface area contributed by atoms with E-state index in [0.717, 1.165) is 38.8 Å². The highest BCUT2D eigenvalue weighted by Gasteiger charge is 2.42. The van der Waals surface area contributed by atoms with Crippen molar-refractivity contribution in [1.82, 2.24) is 10.2 Å². The number of carbonyl (C=O) groups excluding carboxylic acids is 1.